The average Bonchev–Trinajstić information content (AvgIpc) is 2.47. The summed E-state index contributed by atoms with van der Waals surface area (Å²) in [4.78, 5) is 0. The molecule has 2 aromatic carbocycles. The van der Waals surface area contributed by atoms with Crippen LogP contribution in [-0.2, 0) is 13.2 Å². The van der Waals surface area contributed by atoms with Gasteiger partial charge in [-0.15, -0.1) is 0 Å². The molecule has 2 aromatic rings. The number of rotatable bonds is 5. The first-order valence-corrected chi connectivity index (χ1v) is 6.37. The van der Waals surface area contributed by atoms with Gasteiger partial charge in [0.1, 0.15) is 5.75 Å². The minimum atomic E-state index is 0.00832. The van der Waals surface area contributed by atoms with Crippen molar-refractivity contribution in [3.63, 3.8) is 0 Å². The third-order valence-electron chi connectivity index (χ3n) is 2.86. The molecule has 100 valence electrons. The van der Waals surface area contributed by atoms with Crippen LogP contribution in [0.3, 0.4) is 0 Å². The van der Waals surface area contributed by atoms with E-state index in [1.54, 1.807) is 19.2 Å². The second kappa shape index (κ2) is 6.45. The molecule has 0 aromatic heterocycles. The Bertz CT molecular complexity index is 540. The van der Waals surface area contributed by atoms with Gasteiger partial charge in [0.2, 0.25) is 0 Å². The zero-order valence-electron chi connectivity index (χ0n) is 10.7. The first-order valence-electron chi connectivity index (χ1n) is 5.99. The van der Waals surface area contributed by atoms with Gasteiger partial charge in [0.05, 0.1) is 24.4 Å². The summed E-state index contributed by atoms with van der Waals surface area (Å²) in [6.45, 7) is 0.674. The zero-order valence-corrected chi connectivity index (χ0v) is 11.4. The quantitative estimate of drug-likeness (QED) is 0.879. The predicted octanol–water partition coefficient (Wildman–Crippen LogP) is 3.45. The van der Waals surface area contributed by atoms with E-state index in [4.69, 9.17) is 21.4 Å². The Morgan fingerprint density at radius 3 is 2.42 bits per heavy atom. The lowest BCUT2D eigenvalue weighted by Crippen LogP contribution is -2.00. The molecule has 0 aliphatic carbocycles. The van der Waals surface area contributed by atoms with Crippen molar-refractivity contribution in [3.8, 4) is 5.75 Å². The molecule has 2 rings (SSSR count). The van der Waals surface area contributed by atoms with Crippen LogP contribution < -0.4 is 10.1 Å². The fraction of sp³-hybridized carbons (Fsp3) is 0.200. The molecule has 0 aliphatic heterocycles. The van der Waals surface area contributed by atoms with Crippen molar-refractivity contribution in [2.75, 3.05) is 12.4 Å². The second-order valence-electron chi connectivity index (χ2n) is 4.17. The Balaban J connectivity index is 2.05. The molecule has 19 heavy (non-hydrogen) atoms. The van der Waals surface area contributed by atoms with Gasteiger partial charge in [0.15, 0.2) is 0 Å². The number of benzene rings is 2. The molecule has 4 heteroatoms. The summed E-state index contributed by atoms with van der Waals surface area (Å²) >= 11 is 6.10. The molecule has 0 aliphatic rings. The average molecular weight is 278 g/mol. The number of hydrogen-bond acceptors (Lipinski definition) is 3. The van der Waals surface area contributed by atoms with Crippen LogP contribution in [0.25, 0.3) is 0 Å². The highest BCUT2D eigenvalue weighted by Crippen LogP contribution is 2.24. The van der Waals surface area contributed by atoms with Crippen molar-refractivity contribution < 1.29 is 9.84 Å². The normalized spacial score (nSPS) is 10.3. The highest BCUT2D eigenvalue weighted by atomic mass is 35.5. The molecule has 0 fully saturated rings. The van der Waals surface area contributed by atoms with Gasteiger partial charge in [0.25, 0.3) is 0 Å². The van der Waals surface area contributed by atoms with Crippen LogP contribution in [-0.4, -0.2) is 12.2 Å². The van der Waals surface area contributed by atoms with E-state index < -0.39 is 0 Å². The molecule has 0 saturated heterocycles. The number of nitrogens with one attached hydrogen (secondary N) is 1. The molecule has 0 heterocycles. The number of anilines is 1. The van der Waals surface area contributed by atoms with Crippen molar-refractivity contribution in [1.29, 1.82) is 0 Å². The smallest absolute Gasteiger partial charge is 0.118 e. The Hall–Kier alpha value is -1.71. The van der Waals surface area contributed by atoms with Crippen LogP contribution in [0, 0.1) is 0 Å². The summed E-state index contributed by atoms with van der Waals surface area (Å²) in [5, 5.41) is 13.0. The van der Waals surface area contributed by atoms with Gasteiger partial charge in [-0.3, -0.25) is 0 Å². The molecular weight excluding hydrogens is 262 g/mol. The van der Waals surface area contributed by atoms with E-state index in [1.165, 1.54) is 0 Å². The number of halogens is 1. The standard InChI is InChI=1S/C15H16ClNO2/c1-19-13-5-2-11(3-6-13)9-17-15-8-12(10-18)4-7-14(15)16/h2-8,17-18H,9-10H2,1H3. The minimum absolute atomic E-state index is 0.00832. The van der Waals surface area contributed by atoms with Crippen molar-refractivity contribution in [2.24, 2.45) is 0 Å². The topological polar surface area (TPSA) is 41.5 Å². The molecule has 0 unspecified atom stereocenters. The number of methoxy groups -OCH3 is 1. The van der Waals surface area contributed by atoms with Crippen LogP contribution in [0.15, 0.2) is 42.5 Å². The van der Waals surface area contributed by atoms with E-state index in [1.807, 2.05) is 30.3 Å². The number of ether oxygens (including phenoxy) is 1. The van der Waals surface area contributed by atoms with Gasteiger partial charge < -0.3 is 15.2 Å². The highest BCUT2D eigenvalue weighted by molar-refractivity contribution is 6.33. The predicted molar refractivity (Wildman–Crippen MR) is 77.7 cm³/mol. The summed E-state index contributed by atoms with van der Waals surface area (Å²) in [6, 6.07) is 13.3. The van der Waals surface area contributed by atoms with Crippen molar-refractivity contribution in [2.45, 2.75) is 13.2 Å². The van der Waals surface area contributed by atoms with Crippen LogP contribution in [0.1, 0.15) is 11.1 Å². The van der Waals surface area contributed by atoms with Gasteiger partial charge in [-0.05, 0) is 35.4 Å². The van der Waals surface area contributed by atoms with Gasteiger partial charge >= 0.3 is 0 Å². The number of hydrogen-bond donors (Lipinski definition) is 2. The second-order valence-corrected chi connectivity index (χ2v) is 4.58. The van der Waals surface area contributed by atoms with Gasteiger partial charge in [-0.2, -0.15) is 0 Å². The van der Waals surface area contributed by atoms with Gasteiger partial charge in [0, 0.05) is 6.54 Å². The summed E-state index contributed by atoms with van der Waals surface area (Å²) < 4.78 is 5.11. The van der Waals surface area contributed by atoms with Crippen LogP contribution in [0.2, 0.25) is 5.02 Å². The van der Waals surface area contributed by atoms with Gasteiger partial charge in [-0.25, -0.2) is 0 Å². The van der Waals surface area contributed by atoms with E-state index in [9.17, 15) is 0 Å². The lowest BCUT2D eigenvalue weighted by atomic mass is 10.2. The molecular formula is C15H16ClNO2. The number of aliphatic hydroxyl groups is 1. The molecule has 0 radical (unpaired) electrons. The summed E-state index contributed by atoms with van der Waals surface area (Å²) in [6.07, 6.45) is 0. The first-order chi connectivity index (χ1) is 9.22. The zero-order chi connectivity index (χ0) is 13.7. The fourth-order valence-electron chi connectivity index (χ4n) is 1.75. The minimum Gasteiger partial charge on any atom is -0.497 e. The molecule has 0 bridgehead atoms. The third kappa shape index (κ3) is 3.63. The van der Waals surface area contributed by atoms with Crippen LogP contribution >= 0.6 is 11.6 Å². The molecule has 0 atom stereocenters. The first kappa shape index (κ1) is 13.7. The summed E-state index contributed by atoms with van der Waals surface area (Å²) in [7, 11) is 1.65. The molecule has 2 N–H and O–H groups in total. The van der Waals surface area contributed by atoms with Crippen molar-refractivity contribution in [3.05, 3.63) is 58.6 Å². The Kier molecular flexibility index (Phi) is 4.66. The summed E-state index contributed by atoms with van der Waals surface area (Å²) in [5.74, 6) is 0.837. The highest BCUT2D eigenvalue weighted by Gasteiger charge is 2.02. The van der Waals surface area contributed by atoms with Gasteiger partial charge in [-0.1, -0.05) is 29.8 Å². The van der Waals surface area contributed by atoms with E-state index in [0.717, 1.165) is 22.6 Å². The number of aliphatic hydroxyl groups excluding tert-OH is 1. The Morgan fingerprint density at radius 2 is 1.79 bits per heavy atom. The fourth-order valence-corrected chi connectivity index (χ4v) is 1.93. The molecule has 0 amide bonds. The maximum Gasteiger partial charge on any atom is 0.118 e. The monoisotopic (exact) mass is 277 g/mol. The largest absolute Gasteiger partial charge is 0.497 e. The van der Waals surface area contributed by atoms with Crippen LogP contribution in [0.4, 0.5) is 5.69 Å². The maximum absolute atomic E-state index is 9.11. The Labute approximate surface area is 117 Å². The SMILES string of the molecule is COc1ccc(CNc2cc(CO)ccc2Cl)cc1. The Morgan fingerprint density at radius 1 is 1.11 bits per heavy atom. The molecule has 3 nitrogen and oxygen atoms in total. The van der Waals surface area contributed by atoms with E-state index in [0.29, 0.717) is 11.6 Å². The van der Waals surface area contributed by atoms with E-state index in [2.05, 4.69) is 5.32 Å². The maximum atomic E-state index is 9.11. The van der Waals surface area contributed by atoms with E-state index in [-0.39, 0.29) is 6.61 Å². The third-order valence-corrected chi connectivity index (χ3v) is 3.18. The summed E-state index contributed by atoms with van der Waals surface area (Å²) in [5.41, 5.74) is 2.79. The molecule has 0 spiro atoms. The van der Waals surface area contributed by atoms with Crippen molar-refractivity contribution in [1.82, 2.24) is 0 Å². The van der Waals surface area contributed by atoms with E-state index >= 15 is 0 Å². The lowest BCUT2D eigenvalue weighted by molar-refractivity contribution is 0.282. The lowest BCUT2D eigenvalue weighted by Gasteiger charge is -2.10. The van der Waals surface area contributed by atoms with Crippen LogP contribution in [0.5, 0.6) is 5.75 Å². The van der Waals surface area contributed by atoms with Crippen molar-refractivity contribution >= 4 is 17.3 Å². The molecule has 0 saturated carbocycles.